The maximum absolute atomic E-state index is 13.2. The van der Waals surface area contributed by atoms with Crippen LogP contribution in [0.15, 0.2) is 50.6 Å². The molecule has 0 atom stereocenters. The SMILES string of the molecule is Cc1cccnc1NC(=O)CC1CCN(S(=O)(=O)c2ccc3c(c2)oc(=O)n3C(C)C)CC1. The van der Waals surface area contributed by atoms with Gasteiger partial charge in [-0.15, -0.1) is 0 Å². The van der Waals surface area contributed by atoms with Gasteiger partial charge in [-0.1, -0.05) is 6.07 Å². The Morgan fingerprint density at radius 2 is 1.97 bits per heavy atom. The molecular formula is C23H28N4O5S. The fourth-order valence-electron chi connectivity index (χ4n) is 4.23. The molecule has 2 aromatic heterocycles. The molecule has 9 nitrogen and oxygen atoms in total. The first-order valence-corrected chi connectivity index (χ1v) is 12.5. The fourth-order valence-corrected chi connectivity index (χ4v) is 5.72. The largest absolute Gasteiger partial charge is 0.420 e. The van der Waals surface area contributed by atoms with Crippen LogP contribution in [-0.2, 0) is 14.8 Å². The van der Waals surface area contributed by atoms with E-state index in [1.54, 1.807) is 12.3 Å². The minimum absolute atomic E-state index is 0.0981. The Bertz CT molecular complexity index is 1330. The van der Waals surface area contributed by atoms with Crippen molar-refractivity contribution in [2.45, 2.75) is 51.0 Å². The van der Waals surface area contributed by atoms with E-state index in [1.165, 1.54) is 21.0 Å². The predicted molar refractivity (Wildman–Crippen MR) is 125 cm³/mol. The zero-order chi connectivity index (χ0) is 23.8. The number of nitrogens with zero attached hydrogens (tertiary/aromatic N) is 3. The topological polar surface area (TPSA) is 115 Å². The summed E-state index contributed by atoms with van der Waals surface area (Å²) in [5, 5.41) is 2.84. The normalized spacial score (nSPS) is 15.9. The summed E-state index contributed by atoms with van der Waals surface area (Å²) >= 11 is 0. The number of nitrogens with one attached hydrogen (secondary N) is 1. The van der Waals surface area contributed by atoms with Crippen LogP contribution in [0.25, 0.3) is 11.1 Å². The van der Waals surface area contributed by atoms with Crippen LogP contribution in [0.4, 0.5) is 5.82 Å². The minimum atomic E-state index is -3.73. The number of rotatable bonds is 6. The number of hydrogen-bond donors (Lipinski definition) is 1. The van der Waals surface area contributed by atoms with E-state index in [2.05, 4.69) is 10.3 Å². The molecule has 0 bridgehead atoms. The highest BCUT2D eigenvalue weighted by molar-refractivity contribution is 7.89. The summed E-state index contributed by atoms with van der Waals surface area (Å²) in [6.07, 6.45) is 3.14. The molecule has 1 aromatic carbocycles. The van der Waals surface area contributed by atoms with Crippen molar-refractivity contribution < 1.29 is 17.6 Å². The number of benzene rings is 1. The number of amides is 1. The lowest BCUT2D eigenvalue weighted by molar-refractivity contribution is -0.117. The van der Waals surface area contributed by atoms with Crippen molar-refractivity contribution in [3.05, 3.63) is 52.6 Å². The summed E-state index contributed by atoms with van der Waals surface area (Å²) in [5.41, 5.74) is 1.72. The first-order valence-electron chi connectivity index (χ1n) is 11.0. The quantitative estimate of drug-likeness (QED) is 0.589. The number of piperidine rings is 1. The molecule has 0 spiro atoms. The zero-order valence-corrected chi connectivity index (χ0v) is 19.8. The third-order valence-electron chi connectivity index (χ3n) is 6.05. The monoisotopic (exact) mass is 472 g/mol. The highest BCUT2D eigenvalue weighted by atomic mass is 32.2. The Kier molecular flexibility index (Phi) is 6.40. The molecule has 0 aliphatic carbocycles. The number of carbonyl (C=O) groups excluding carboxylic acids is 1. The summed E-state index contributed by atoms with van der Waals surface area (Å²) in [7, 11) is -3.73. The summed E-state index contributed by atoms with van der Waals surface area (Å²) < 4.78 is 34.6. The molecular weight excluding hydrogens is 444 g/mol. The highest BCUT2D eigenvalue weighted by Gasteiger charge is 2.31. The van der Waals surface area contributed by atoms with Crippen molar-refractivity contribution in [3.63, 3.8) is 0 Å². The Labute approximate surface area is 192 Å². The van der Waals surface area contributed by atoms with Crippen LogP contribution in [0.3, 0.4) is 0 Å². The van der Waals surface area contributed by atoms with E-state index in [4.69, 9.17) is 4.42 Å². The lowest BCUT2D eigenvalue weighted by atomic mass is 9.94. The van der Waals surface area contributed by atoms with Gasteiger partial charge in [0.15, 0.2) is 5.58 Å². The van der Waals surface area contributed by atoms with Crippen molar-refractivity contribution in [1.82, 2.24) is 13.9 Å². The van der Waals surface area contributed by atoms with Gasteiger partial charge >= 0.3 is 5.76 Å². The molecule has 10 heteroatoms. The van der Waals surface area contributed by atoms with Crippen molar-refractivity contribution in [3.8, 4) is 0 Å². The number of fused-ring (bicyclic) bond motifs is 1. The van der Waals surface area contributed by atoms with Crippen LogP contribution in [-0.4, -0.2) is 41.3 Å². The van der Waals surface area contributed by atoms with E-state index < -0.39 is 15.8 Å². The van der Waals surface area contributed by atoms with Crippen LogP contribution >= 0.6 is 0 Å². The third kappa shape index (κ3) is 4.72. The van der Waals surface area contributed by atoms with Gasteiger partial charge in [-0.3, -0.25) is 9.36 Å². The number of pyridine rings is 1. The molecule has 1 fully saturated rings. The zero-order valence-electron chi connectivity index (χ0n) is 18.9. The molecule has 176 valence electrons. The molecule has 3 heterocycles. The van der Waals surface area contributed by atoms with Gasteiger partial charge in [0, 0.05) is 37.8 Å². The van der Waals surface area contributed by atoms with Crippen LogP contribution in [0.1, 0.15) is 44.7 Å². The van der Waals surface area contributed by atoms with Crippen molar-refractivity contribution in [1.29, 1.82) is 0 Å². The lowest BCUT2D eigenvalue weighted by Crippen LogP contribution is -2.39. The van der Waals surface area contributed by atoms with Gasteiger partial charge in [-0.25, -0.2) is 18.2 Å². The van der Waals surface area contributed by atoms with Crippen molar-refractivity contribution in [2.24, 2.45) is 5.92 Å². The molecule has 1 aliphatic heterocycles. The molecule has 1 amide bonds. The second kappa shape index (κ2) is 9.11. The molecule has 3 aromatic rings. The maximum atomic E-state index is 13.2. The Morgan fingerprint density at radius 3 is 2.64 bits per heavy atom. The van der Waals surface area contributed by atoms with Crippen LogP contribution in [0.5, 0.6) is 0 Å². The number of oxazole rings is 1. The Balaban J connectivity index is 1.41. The Morgan fingerprint density at radius 1 is 1.24 bits per heavy atom. The van der Waals surface area contributed by atoms with Gasteiger partial charge in [0.1, 0.15) is 5.82 Å². The van der Waals surface area contributed by atoms with Gasteiger partial charge < -0.3 is 9.73 Å². The smallest absolute Gasteiger partial charge is 0.408 e. The van der Waals surface area contributed by atoms with E-state index in [1.807, 2.05) is 32.9 Å². The standard InChI is InChI=1S/C23H28N4O5S/c1-15(2)27-19-7-6-18(14-20(19)32-23(27)29)33(30,31)26-11-8-17(9-12-26)13-21(28)25-22-16(3)5-4-10-24-22/h4-7,10,14-15,17H,8-9,11-13H2,1-3H3,(H,24,25,28). The maximum Gasteiger partial charge on any atom is 0.420 e. The van der Waals surface area contributed by atoms with Crippen LogP contribution in [0, 0.1) is 12.8 Å². The third-order valence-corrected chi connectivity index (χ3v) is 7.95. The van der Waals surface area contributed by atoms with Crippen molar-refractivity contribution in [2.75, 3.05) is 18.4 Å². The molecule has 1 aliphatic rings. The molecule has 0 unspecified atom stereocenters. The minimum Gasteiger partial charge on any atom is -0.408 e. The van der Waals surface area contributed by atoms with E-state index in [-0.39, 0.29) is 28.3 Å². The number of sulfonamides is 1. The van der Waals surface area contributed by atoms with Gasteiger partial charge in [0.25, 0.3) is 0 Å². The number of anilines is 1. The second-order valence-electron chi connectivity index (χ2n) is 8.73. The summed E-state index contributed by atoms with van der Waals surface area (Å²) in [5.74, 6) is 0.0275. The van der Waals surface area contributed by atoms with Crippen LogP contribution < -0.4 is 11.1 Å². The Hall–Kier alpha value is -2.98. The highest BCUT2D eigenvalue weighted by Crippen LogP contribution is 2.28. The second-order valence-corrected chi connectivity index (χ2v) is 10.7. The van der Waals surface area contributed by atoms with Gasteiger partial charge in [-0.2, -0.15) is 4.31 Å². The van der Waals surface area contributed by atoms with Gasteiger partial charge in [0.2, 0.25) is 15.9 Å². The van der Waals surface area contributed by atoms with Crippen LogP contribution in [0.2, 0.25) is 0 Å². The number of aryl methyl sites for hydroxylation is 1. The molecule has 4 rings (SSSR count). The van der Waals surface area contributed by atoms with E-state index in [9.17, 15) is 18.0 Å². The van der Waals surface area contributed by atoms with Gasteiger partial charge in [0.05, 0.1) is 10.4 Å². The number of carbonyl (C=O) groups is 1. The first-order chi connectivity index (χ1) is 15.7. The first kappa shape index (κ1) is 23.2. The fraction of sp³-hybridized carbons (Fsp3) is 0.435. The average Bonchev–Trinajstić information content (AvgIpc) is 3.11. The van der Waals surface area contributed by atoms with Gasteiger partial charge in [-0.05, 0) is 63.3 Å². The molecule has 1 N–H and O–H groups in total. The number of hydrogen-bond acceptors (Lipinski definition) is 6. The molecule has 0 radical (unpaired) electrons. The van der Waals surface area contributed by atoms with E-state index in [0.29, 0.717) is 43.7 Å². The summed E-state index contributed by atoms with van der Waals surface area (Å²) in [6.45, 7) is 6.27. The molecule has 33 heavy (non-hydrogen) atoms. The summed E-state index contributed by atoms with van der Waals surface area (Å²) in [4.78, 5) is 28.8. The lowest BCUT2D eigenvalue weighted by Gasteiger charge is -2.31. The molecule has 0 saturated carbocycles. The predicted octanol–water partition coefficient (Wildman–Crippen LogP) is 3.31. The molecule has 1 saturated heterocycles. The number of aromatic nitrogens is 2. The summed E-state index contributed by atoms with van der Waals surface area (Å²) in [6, 6.07) is 8.14. The van der Waals surface area contributed by atoms with E-state index in [0.717, 1.165) is 5.56 Å². The average molecular weight is 473 g/mol. The van der Waals surface area contributed by atoms with E-state index >= 15 is 0 Å². The van der Waals surface area contributed by atoms with Crippen molar-refractivity contribution >= 4 is 32.8 Å².